The van der Waals surface area contributed by atoms with E-state index in [0.29, 0.717) is 10.8 Å². The molecular weight excluding hydrogens is 282 g/mol. The fraction of sp³-hybridized carbons (Fsp3) is 0.429. The molecule has 0 aliphatic carbocycles. The monoisotopic (exact) mass is 299 g/mol. The number of carbonyl (C=O) groups excluding carboxylic acids is 1. The Morgan fingerprint density at radius 2 is 2.10 bits per heavy atom. The number of likely N-dealkylation sites (N-methyl/N-ethyl adjacent to an activating group) is 1. The number of carboxylic acid groups (broad SMARTS) is 1. The molecule has 0 aliphatic heterocycles. The highest BCUT2D eigenvalue weighted by atomic mass is 35.5. The maximum atomic E-state index is 12.0. The second-order valence-electron chi connectivity index (χ2n) is 4.60. The summed E-state index contributed by atoms with van der Waals surface area (Å²) in [4.78, 5) is 23.8. The number of aryl methyl sites for hydroxylation is 1. The van der Waals surface area contributed by atoms with Gasteiger partial charge in [-0.15, -0.1) is 0 Å². The van der Waals surface area contributed by atoms with Gasteiger partial charge in [0.2, 0.25) is 0 Å². The Bertz CT molecular complexity index is 504. The summed E-state index contributed by atoms with van der Waals surface area (Å²) in [5, 5.41) is 9.03. The lowest BCUT2D eigenvalue weighted by Crippen LogP contribution is -2.39. The summed E-state index contributed by atoms with van der Waals surface area (Å²) in [5.41, 5.74) is 0.975. The first-order valence-corrected chi connectivity index (χ1v) is 6.58. The average molecular weight is 300 g/mol. The van der Waals surface area contributed by atoms with Crippen LogP contribution in [0.4, 0.5) is 0 Å². The number of aliphatic carboxylic acids is 1. The van der Waals surface area contributed by atoms with Crippen molar-refractivity contribution in [2.75, 3.05) is 13.6 Å². The van der Waals surface area contributed by atoms with Crippen molar-refractivity contribution in [2.24, 2.45) is 0 Å². The fourth-order valence-corrected chi connectivity index (χ4v) is 1.79. The second kappa shape index (κ2) is 7.14. The van der Waals surface area contributed by atoms with Crippen molar-refractivity contribution in [1.82, 2.24) is 4.90 Å². The number of benzene rings is 1. The van der Waals surface area contributed by atoms with Crippen molar-refractivity contribution in [2.45, 2.75) is 26.4 Å². The van der Waals surface area contributed by atoms with Gasteiger partial charge in [0.15, 0.2) is 6.10 Å². The van der Waals surface area contributed by atoms with Crippen molar-refractivity contribution in [1.29, 1.82) is 0 Å². The van der Waals surface area contributed by atoms with Gasteiger partial charge < -0.3 is 14.7 Å². The molecule has 1 aromatic carbocycles. The maximum absolute atomic E-state index is 12.0. The van der Waals surface area contributed by atoms with E-state index in [0.717, 1.165) is 5.56 Å². The number of carbonyl (C=O) groups is 2. The number of amides is 1. The van der Waals surface area contributed by atoms with Crippen molar-refractivity contribution in [3.05, 3.63) is 28.8 Å². The molecule has 1 atom stereocenters. The third kappa shape index (κ3) is 4.74. The predicted octanol–water partition coefficient (Wildman–Crippen LogP) is 2.35. The van der Waals surface area contributed by atoms with Gasteiger partial charge in [-0.1, -0.05) is 17.7 Å². The molecule has 0 aromatic heterocycles. The first kappa shape index (κ1) is 16.3. The van der Waals surface area contributed by atoms with Crippen LogP contribution in [0.25, 0.3) is 0 Å². The van der Waals surface area contributed by atoms with E-state index >= 15 is 0 Å². The molecule has 0 radical (unpaired) electrons. The van der Waals surface area contributed by atoms with Crippen molar-refractivity contribution < 1.29 is 19.4 Å². The molecule has 1 aromatic rings. The van der Waals surface area contributed by atoms with Crippen LogP contribution in [0.5, 0.6) is 5.75 Å². The number of rotatable bonds is 6. The topological polar surface area (TPSA) is 66.8 Å². The van der Waals surface area contributed by atoms with E-state index in [4.69, 9.17) is 21.4 Å². The van der Waals surface area contributed by atoms with Gasteiger partial charge in [0.05, 0.1) is 11.4 Å². The SMILES string of the molecule is Cc1ccc(Cl)c(OC(C)C(=O)N(C)CCC(=O)O)c1. The second-order valence-corrected chi connectivity index (χ2v) is 5.00. The molecule has 6 heteroatoms. The minimum absolute atomic E-state index is 0.0971. The van der Waals surface area contributed by atoms with Gasteiger partial charge in [-0.05, 0) is 31.5 Å². The molecule has 0 aliphatic rings. The molecule has 1 unspecified atom stereocenters. The third-order valence-corrected chi connectivity index (χ3v) is 3.09. The highest BCUT2D eigenvalue weighted by molar-refractivity contribution is 6.32. The van der Waals surface area contributed by atoms with E-state index < -0.39 is 12.1 Å². The molecule has 1 amide bonds. The molecule has 1 N–H and O–H groups in total. The smallest absolute Gasteiger partial charge is 0.305 e. The maximum Gasteiger partial charge on any atom is 0.305 e. The lowest BCUT2D eigenvalue weighted by Gasteiger charge is -2.22. The Balaban J connectivity index is 2.65. The number of ether oxygens (including phenoxy) is 1. The van der Waals surface area contributed by atoms with Crippen LogP contribution in [-0.2, 0) is 9.59 Å². The first-order chi connectivity index (χ1) is 9.31. The zero-order valence-corrected chi connectivity index (χ0v) is 12.5. The van der Waals surface area contributed by atoms with Gasteiger partial charge in [0.1, 0.15) is 5.75 Å². The normalized spacial score (nSPS) is 11.8. The number of hydrogen-bond acceptors (Lipinski definition) is 3. The van der Waals surface area contributed by atoms with Gasteiger partial charge in [0, 0.05) is 13.6 Å². The zero-order chi connectivity index (χ0) is 15.3. The lowest BCUT2D eigenvalue weighted by atomic mass is 10.2. The summed E-state index contributed by atoms with van der Waals surface area (Å²) in [7, 11) is 1.54. The third-order valence-electron chi connectivity index (χ3n) is 2.78. The van der Waals surface area contributed by atoms with Gasteiger partial charge in [-0.25, -0.2) is 0 Å². The van der Waals surface area contributed by atoms with Gasteiger partial charge in [0.25, 0.3) is 5.91 Å². The number of nitrogens with zero attached hydrogens (tertiary/aromatic N) is 1. The summed E-state index contributed by atoms with van der Waals surface area (Å²) in [5.74, 6) is -0.789. The van der Waals surface area contributed by atoms with Crippen LogP contribution in [0.1, 0.15) is 18.9 Å². The minimum Gasteiger partial charge on any atom is -0.481 e. The van der Waals surface area contributed by atoms with Crippen molar-refractivity contribution >= 4 is 23.5 Å². The summed E-state index contributed by atoms with van der Waals surface area (Å²) in [6.07, 6.45) is -0.826. The molecule has 0 saturated heterocycles. The van der Waals surface area contributed by atoms with Crippen molar-refractivity contribution in [3.63, 3.8) is 0 Å². The largest absolute Gasteiger partial charge is 0.481 e. The Morgan fingerprint density at radius 1 is 1.45 bits per heavy atom. The summed E-state index contributed by atoms with van der Waals surface area (Å²) in [6, 6.07) is 5.31. The lowest BCUT2D eigenvalue weighted by molar-refractivity contribution is -0.140. The molecule has 0 bridgehead atoms. The number of halogens is 1. The van der Waals surface area contributed by atoms with Crippen LogP contribution in [0.2, 0.25) is 5.02 Å². The fourth-order valence-electron chi connectivity index (χ4n) is 1.63. The molecule has 1 rings (SSSR count). The van der Waals surface area contributed by atoms with E-state index in [-0.39, 0.29) is 18.9 Å². The van der Waals surface area contributed by atoms with Crippen LogP contribution < -0.4 is 4.74 Å². The van der Waals surface area contributed by atoms with E-state index in [1.165, 1.54) is 4.90 Å². The van der Waals surface area contributed by atoms with Gasteiger partial charge >= 0.3 is 5.97 Å². The molecule has 0 fully saturated rings. The van der Waals surface area contributed by atoms with Gasteiger partial charge in [-0.3, -0.25) is 9.59 Å². The van der Waals surface area contributed by atoms with Crippen molar-refractivity contribution in [3.8, 4) is 5.75 Å². The average Bonchev–Trinajstić information content (AvgIpc) is 2.39. The van der Waals surface area contributed by atoms with Crippen LogP contribution in [0.15, 0.2) is 18.2 Å². The molecule has 5 nitrogen and oxygen atoms in total. The van der Waals surface area contributed by atoms with E-state index in [2.05, 4.69) is 0 Å². The Morgan fingerprint density at radius 3 is 2.70 bits per heavy atom. The van der Waals surface area contributed by atoms with E-state index in [9.17, 15) is 9.59 Å². The van der Waals surface area contributed by atoms with Crippen LogP contribution in [0, 0.1) is 6.92 Å². The Kier molecular flexibility index (Phi) is 5.82. The Hall–Kier alpha value is -1.75. The molecule has 0 heterocycles. The quantitative estimate of drug-likeness (QED) is 0.875. The first-order valence-electron chi connectivity index (χ1n) is 6.21. The van der Waals surface area contributed by atoms with Gasteiger partial charge in [-0.2, -0.15) is 0 Å². The highest BCUT2D eigenvalue weighted by Crippen LogP contribution is 2.26. The predicted molar refractivity (Wildman–Crippen MR) is 76.2 cm³/mol. The molecule has 0 spiro atoms. The van der Waals surface area contributed by atoms with Crippen LogP contribution >= 0.6 is 11.6 Å². The number of carboxylic acids is 1. The number of hydrogen-bond donors (Lipinski definition) is 1. The van der Waals surface area contributed by atoms with Crippen LogP contribution in [0.3, 0.4) is 0 Å². The Labute approximate surface area is 123 Å². The molecule has 0 saturated carbocycles. The highest BCUT2D eigenvalue weighted by Gasteiger charge is 2.20. The summed E-state index contributed by atoms with van der Waals surface area (Å²) < 4.78 is 5.55. The minimum atomic E-state index is -0.944. The summed E-state index contributed by atoms with van der Waals surface area (Å²) >= 11 is 6.00. The molecule has 110 valence electrons. The van der Waals surface area contributed by atoms with E-state index in [1.807, 2.05) is 13.0 Å². The molecule has 20 heavy (non-hydrogen) atoms. The molecular formula is C14H18ClNO4. The standard InChI is InChI=1S/C14H18ClNO4/c1-9-4-5-11(15)12(8-9)20-10(2)14(19)16(3)7-6-13(17)18/h4-5,8,10H,6-7H2,1-3H3,(H,17,18). The summed E-state index contributed by atoms with van der Waals surface area (Å²) in [6.45, 7) is 3.65. The van der Waals surface area contributed by atoms with Crippen LogP contribution in [-0.4, -0.2) is 41.6 Å². The zero-order valence-electron chi connectivity index (χ0n) is 11.7. The van der Waals surface area contributed by atoms with E-state index in [1.54, 1.807) is 26.1 Å².